The van der Waals surface area contributed by atoms with Gasteiger partial charge in [0.15, 0.2) is 10.8 Å². The predicted octanol–water partition coefficient (Wildman–Crippen LogP) is 9.59. The van der Waals surface area contributed by atoms with Crippen LogP contribution in [0.1, 0.15) is 64.6 Å². The molecule has 0 saturated carbocycles. The van der Waals surface area contributed by atoms with Crippen LogP contribution in [0.25, 0.3) is 0 Å². The average Bonchev–Trinajstić information content (AvgIpc) is 3.17. The van der Waals surface area contributed by atoms with Crippen LogP contribution in [-0.2, 0) is 19.4 Å². The van der Waals surface area contributed by atoms with E-state index >= 15 is 0 Å². The summed E-state index contributed by atoms with van der Waals surface area (Å²) >= 11 is 5.99. The van der Waals surface area contributed by atoms with Gasteiger partial charge in [-0.3, -0.25) is 9.78 Å². The number of fused-ring (bicyclic) bond motifs is 1. The van der Waals surface area contributed by atoms with Gasteiger partial charge in [0.05, 0.1) is 19.0 Å². The van der Waals surface area contributed by atoms with E-state index in [1.54, 1.807) is 24.4 Å². The quantitative estimate of drug-likeness (QED) is 0.121. The van der Waals surface area contributed by atoms with Gasteiger partial charge in [0.1, 0.15) is 29.7 Å². The minimum Gasteiger partial charge on any atom is -0.494 e. The SMILES string of the molecule is O=c1[nH]ncc(Oc2ccc(CCCCOc3ccc([C@@H]4c5ccc(OCc6ccccc6)cc5CC[C@@H]4c4ccc(F)cc4)cc3)nc2)c1Cl. The van der Waals surface area contributed by atoms with Crippen LogP contribution < -0.4 is 19.8 Å². The third-order valence-corrected chi connectivity index (χ3v) is 9.61. The van der Waals surface area contributed by atoms with Crippen molar-refractivity contribution < 1.29 is 18.6 Å². The lowest BCUT2D eigenvalue weighted by Gasteiger charge is -2.35. The van der Waals surface area contributed by atoms with Crippen molar-refractivity contribution in [2.24, 2.45) is 0 Å². The highest BCUT2D eigenvalue weighted by Crippen LogP contribution is 2.47. The second-order valence-corrected chi connectivity index (χ2v) is 13.0. The van der Waals surface area contributed by atoms with Crippen molar-refractivity contribution in [3.63, 3.8) is 0 Å². The topological polar surface area (TPSA) is 86.3 Å². The molecule has 0 radical (unpaired) electrons. The Hall–Kier alpha value is -5.47. The smallest absolute Gasteiger partial charge is 0.286 e. The van der Waals surface area contributed by atoms with Gasteiger partial charge >= 0.3 is 0 Å². The molecule has 0 fully saturated rings. The molecule has 2 atom stereocenters. The van der Waals surface area contributed by atoms with Crippen LogP contribution in [0.4, 0.5) is 4.39 Å². The monoisotopic (exact) mass is 701 g/mol. The third-order valence-electron chi connectivity index (χ3n) is 9.25. The Morgan fingerprint density at radius 2 is 1.57 bits per heavy atom. The number of unbranched alkanes of at least 4 members (excludes halogenated alkanes) is 1. The lowest BCUT2D eigenvalue weighted by molar-refractivity contribution is 0.305. The summed E-state index contributed by atoms with van der Waals surface area (Å²) in [6, 6.07) is 35.7. The number of aromatic nitrogens is 3. The molecule has 51 heavy (non-hydrogen) atoms. The summed E-state index contributed by atoms with van der Waals surface area (Å²) in [5, 5.41) is 5.91. The predicted molar refractivity (Wildman–Crippen MR) is 196 cm³/mol. The van der Waals surface area contributed by atoms with Gasteiger partial charge in [0, 0.05) is 11.6 Å². The van der Waals surface area contributed by atoms with E-state index in [-0.39, 0.29) is 28.4 Å². The number of nitrogens with one attached hydrogen (secondary N) is 1. The number of aryl methyl sites for hydroxylation is 2. The number of ether oxygens (including phenoxy) is 3. The summed E-state index contributed by atoms with van der Waals surface area (Å²) in [6.07, 6.45) is 7.40. The fourth-order valence-electron chi connectivity index (χ4n) is 6.66. The standard InChI is InChI=1S/C42H37ClFN3O4/c43-41-39(26-46-47-42(41)48)51-36-19-16-33(45-25-36)8-4-5-23-49-34-17-11-30(12-18-34)40-37(29-9-14-32(44)15-10-29)21-13-31-24-35(20-22-38(31)40)50-27-28-6-2-1-3-7-28/h1-3,6-7,9-12,14-20,22,24-26,37,40H,4-5,8,13,21,23,27H2,(H,47,48)/t37-,40+/m1/s1. The second kappa shape index (κ2) is 16.0. The molecule has 7 rings (SSSR count). The molecule has 0 saturated heterocycles. The van der Waals surface area contributed by atoms with Crippen molar-refractivity contribution in [3.05, 3.63) is 176 Å². The number of halogens is 2. The van der Waals surface area contributed by atoms with E-state index in [4.69, 9.17) is 25.8 Å². The van der Waals surface area contributed by atoms with E-state index in [1.165, 1.54) is 22.9 Å². The minimum atomic E-state index is -0.512. The summed E-state index contributed by atoms with van der Waals surface area (Å²) in [7, 11) is 0. The maximum absolute atomic E-state index is 13.9. The molecular weight excluding hydrogens is 665 g/mol. The van der Waals surface area contributed by atoms with Gasteiger partial charge in [0.2, 0.25) is 0 Å². The van der Waals surface area contributed by atoms with Crippen LogP contribution >= 0.6 is 11.6 Å². The molecule has 9 heteroatoms. The summed E-state index contributed by atoms with van der Waals surface area (Å²) in [5.74, 6) is 2.45. The van der Waals surface area contributed by atoms with Crippen molar-refractivity contribution in [1.29, 1.82) is 0 Å². The molecule has 0 spiro atoms. The maximum Gasteiger partial charge on any atom is 0.286 e. The summed E-state index contributed by atoms with van der Waals surface area (Å²) in [4.78, 5) is 16.1. The highest BCUT2D eigenvalue weighted by atomic mass is 35.5. The molecule has 0 amide bonds. The van der Waals surface area contributed by atoms with Gasteiger partial charge in [-0.1, -0.05) is 72.3 Å². The Morgan fingerprint density at radius 3 is 2.35 bits per heavy atom. The Balaban J connectivity index is 0.965. The Labute approximate surface area is 301 Å². The second-order valence-electron chi connectivity index (χ2n) is 12.6. The molecular formula is C42H37ClFN3O4. The summed E-state index contributed by atoms with van der Waals surface area (Å²) < 4.78 is 31.8. The zero-order chi connectivity index (χ0) is 35.0. The zero-order valence-corrected chi connectivity index (χ0v) is 28.7. The van der Waals surface area contributed by atoms with Gasteiger partial charge < -0.3 is 14.2 Å². The van der Waals surface area contributed by atoms with Gasteiger partial charge in [-0.25, -0.2) is 9.49 Å². The Bertz CT molecular complexity index is 2110. The van der Waals surface area contributed by atoms with E-state index < -0.39 is 5.56 Å². The largest absolute Gasteiger partial charge is 0.494 e. The van der Waals surface area contributed by atoms with Crippen LogP contribution in [0.3, 0.4) is 0 Å². The fraction of sp³-hybridized carbons (Fsp3) is 0.214. The molecule has 0 unspecified atom stereocenters. The first-order valence-electron chi connectivity index (χ1n) is 17.1. The van der Waals surface area contributed by atoms with Crippen LogP contribution in [0.5, 0.6) is 23.0 Å². The number of aromatic amines is 1. The van der Waals surface area contributed by atoms with Crippen molar-refractivity contribution >= 4 is 11.6 Å². The molecule has 6 aromatic rings. The molecule has 258 valence electrons. The Morgan fingerprint density at radius 1 is 0.804 bits per heavy atom. The molecule has 0 aliphatic heterocycles. The first-order chi connectivity index (χ1) is 25.0. The van der Waals surface area contributed by atoms with Gasteiger partial charge in [-0.15, -0.1) is 0 Å². The van der Waals surface area contributed by atoms with E-state index in [1.807, 2.05) is 48.5 Å². The zero-order valence-electron chi connectivity index (χ0n) is 27.9. The molecule has 0 bridgehead atoms. The number of hydrogen-bond donors (Lipinski definition) is 1. The summed E-state index contributed by atoms with van der Waals surface area (Å²) in [5.41, 5.74) is 6.46. The normalized spacial score (nSPS) is 15.2. The molecule has 2 heterocycles. The first kappa shape index (κ1) is 34.0. The molecule has 7 nitrogen and oxygen atoms in total. The van der Waals surface area contributed by atoms with Crippen molar-refractivity contribution in [2.45, 2.75) is 50.5 Å². The highest BCUT2D eigenvalue weighted by molar-refractivity contribution is 6.31. The van der Waals surface area contributed by atoms with Gasteiger partial charge in [-0.05, 0) is 114 Å². The summed E-state index contributed by atoms with van der Waals surface area (Å²) in [6.45, 7) is 1.11. The molecule has 4 aromatic carbocycles. The number of hydrogen-bond acceptors (Lipinski definition) is 6. The highest BCUT2D eigenvalue weighted by Gasteiger charge is 2.32. The number of nitrogens with zero attached hydrogens (tertiary/aromatic N) is 2. The van der Waals surface area contributed by atoms with E-state index in [0.29, 0.717) is 19.0 Å². The number of benzene rings is 4. The number of rotatable bonds is 13. The lowest BCUT2D eigenvalue weighted by Crippen LogP contribution is -2.20. The first-order valence-corrected chi connectivity index (χ1v) is 17.5. The van der Waals surface area contributed by atoms with E-state index in [2.05, 4.69) is 57.6 Å². The molecule has 1 aliphatic carbocycles. The van der Waals surface area contributed by atoms with Crippen LogP contribution in [-0.4, -0.2) is 21.8 Å². The average molecular weight is 702 g/mol. The molecule has 1 N–H and O–H groups in total. The Kier molecular flexibility index (Phi) is 10.7. The van der Waals surface area contributed by atoms with Crippen molar-refractivity contribution in [1.82, 2.24) is 15.2 Å². The number of pyridine rings is 1. The van der Waals surface area contributed by atoms with Crippen molar-refractivity contribution in [2.75, 3.05) is 6.61 Å². The van der Waals surface area contributed by atoms with E-state index in [0.717, 1.165) is 60.4 Å². The third kappa shape index (κ3) is 8.47. The van der Waals surface area contributed by atoms with Crippen LogP contribution in [0.15, 0.2) is 126 Å². The lowest BCUT2D eigenvalue weighted by atomic mass is 9.69. The molecule has 2 aromatic heterocycles. The maximum atomic E-state index is 13.9. The van der Waals surface area contributed by atoms with Gasteiger partial charge in [-0.2, -0.15) is 5.10 Å². The number of H-pyrrole nitrogens is 1. The van der Waals surface area contributed by atoms with Gasteiger partial charge in [0.25, 0.3) is 5.56 Å². The minimum absolute atomic E-state index is 0.0587. The van der Waals surface area contributed by atoms with E-state index in [9.17, 15) is 9.18 Å². The van der Waals surface area contributed by atoms with Crippen LogP contribution in [0, 0.1) is 5.82 Å². The van der Waals surface area contributed by atoms with Crippen LogP contribution in [0.2, 0.25) is 5.02 Å². The molecule has 1 aliphatic rings. The van der Waals surface area contributed by atoms with Crippen molar-refractivity contribution in [3.8, 4) is 23.0 Å². The fourth-order valence-corrected chi connectivity index (χ4v) is 6.79.